The highest BCUT2D eigenvalue weighted by Gasteiger charge is 2.17. The highest BCUT2D eigenvalue weighted by atomic mass is 32.2. The van der Waals surface area contributed by atoms with Gasteiger partial charge >= 0.3 is 0 Å². The molecule has 0 saturated carbocycles. The monoisotopic (exact) mass is 287 g/mol. The lowest BCUT2D eigenvalue weighted by Gasteiger charge is -2.05. The van der Waals surface area contributed by atoms with E-state index in [1.165, 1.54) is 19.1 Å². The fourth-order valence-electron chi connectivity index (χ4n) is 1.30. The van der Waals surface area contributed by atoms with Gasteiger partial charge in [-0.25, -0.2) is 12.8 Å². The van der Waals surface area contributed by atoms with Crippen LogP contribution in [0.1, 0.15) is 13.3 Å². The zero-order valence-electron chi connectivity index (χ0n) is 10.3. The number of rotatable bonds is 6. The quantitative estimate of drug-likeness (QED) is 0.851. The molecule has 1 aromatic rings. The smallest absolute Gasteiger partial charge is 0.239 e. The lowest BCUT2D eigenvalue weighted by Crippen LogP contribution is -2.25. The number of hydrogen-bond acceptors (Lipinski definition) is 4. The maximum Gasteiger partial charge on any atom is 0.239 e. The summed E-state index contributed by atoms with van der Waals surface area (Å²) < 4.78 is 35.7. The molecule has 104 valence electrons. The van der Waals surface area contributed by atoms with Crippen LogP contribution >= 0.6 is 0 Å². The molecule has 0 unspecified atom stereocenters. The minimum atomic E-state index is -3.61. The molecule has 0 saturated heterocycles. The number of nitrogens with one attached hydrogen (secondary N) is 1. The second kappa shape index (κ2) is 6.42. The Bertz CT molecular complexity index is 566. The number of anilines is 1. The van der Waals surface area contributed by atoms with Crippen molar-refractivity contribution in [2.45, 2.75) is 13.3 Å². The molecule has 1 amide bonds. The first-order valence-electron chi connectivity index (χ1n) is 5.54. The molecule has 0 heterocycles. The first-order valence-corrected chi connectivity index (χ1v) is 7.36. The van der Waals surface area contributed by atoms with E-state index in [1.807, 2.05) is 0 Å². The molecule has 0 aliphatic carbocycles. The summed E-state index contributed by atoms with van der Waals surface area (Å²) in [6.45, 7) is 1.29. The highest BCUT2D eigenvalue weighted by Crippen LogP contribution is 2.08. The van der Waals surface area contributed by atoms with Crippen molar-refractivity contribution in [3.8, 4) is 0 Å². The Kier molecular flexibility index (Phi) is 5.17. The van der Waals surface area contributed by atoms with Crippen LogP contribution in [-0.4, -0.2) is 31.6 Å². The van der Waals surface area contributed by atoms with E-state index in [2.05, 4.69) is 5.32 Å². The summed E-state index contributed by atoms with van der Waals surface area (Å²) in [7, 11) is -3.61. The molecule has 19 heavy (non-hydrogen) atoms. The fourth-order valence-corrected chi connectivity index (χ4v) is 2.52. The lowest BCUT2D eigenvalue weighted by atomic mass is 10.3. The number of Topliss-reactive ketones (excluding diaryl/α,β-unsaturated/α-hetero) is 1. The third-order valence-electron chi connectivity index (χ3n) is 2.24. The van der Waals surface area contributed by atoms with E-state index in [0.29, 0.717) is 5.69 Å². The molecule has 1 rings (SSSR count). The molecule has 0 aliphatic heterocycles. The standard InChI is InChI=1S/C12H14FNO4S/c1-9(15)6-7-19(17,18)8-12(16)14-11-4-2-10(13)3-5-11/h2-5H,6-8H2,1H3,(H,14,16). The molecule has 1 aromatic carbocycles. The van der Waals surface area contributed by atoms with Crippen molar-refractivity contribution in [3.05, 3.63) is 30.1 Å². The summed E-state index contributed by atoms with van der Waals surface area (Å²) in [6.07, 6.45) is -0.105. The van der Waals surface area contributed by atoms with Crippen LogP contribution in [0.5, 0.6) is 0 Å². The van der Waals surface area contributed by atoms with E-state index in [1.54, 1.807) is 0 Å². The van der Waals surface area contributed by atoms with Crippen LogP contribution in [0.15, 0.2) is 24.3 Å². The Balaban J connectivity index is 2.55. The third kappa shape index (κ3) is 6.10. The number of sulfone groups is 1. The van der Waals surface area contributed by atoms with Gasteiger partial charge in [0.05, 0.1) is 5.75 Å². The molecule has 0 fully saturated rings. The van der Waals surface area contributed by atoms with Gasteiger partial charge in [0.2, 0.25) is 5.91 Å². The van der Waals surface area contributed by atoms with E-state index in [9.17, 15) is 22.4 Å². The minimum Gasteiger partial charge on any atom is -0.325 e. The van der Waals surface area contributed by atoms with Crippen molar-refractivity contribution in [2.24, 2.45) is 0 Å². The number of carbonyl (C=O) groups excluding carboxylic acids is 2. The summed E-state index contributed by atoms with van der Waals surface area (Å²) >= 11 is 0. The molecule has 1 N–H and O–H groups in total. The Morgan fingerprint density at radius 2 is 1.79 bits per heavy atom. The van der Waals surface area contributed by atoms with Crippen LogP contribution in [0.2, 0.25) is 0 Å². The van der Waals surface area contributed by atoms with Gasteiger partial charge in [-0.05, 0) is 31.2 Å². The van der Waals surface area contributed by atoms with Crippen LogP contribution in [-0.2, 0) is 19.4 Å². The second-order valence-corrected chi connectivity index (χ2v) is 6.28. The molecule has 0 bridgehead atoms. The van der Waals surface area contributed by atoms with Gasteiger partial charge in [-0.2, -0.15) is 0 Å². The zero-order valence-corrected chi connectivity index (χ0v) is 11.2. The highest BCUT2D eigenvalue weighted by molar-refractivity contribution is 7.92. The summed E-state index contributed by atoms with van der Waals surface area (Å²) in [5.41, 5.74) is 0.313. The lowest BCUT2D eigenvalue weighted by molar-refractivity contribution is -0.117. The summed E-state index contributed by atoms with van der Waals surface area (Å²) in [4.78, 5) is 22.2. The van der Waals surface area contributed by atoms with Gasteiger partial charge in [0, 0.05) is 12.1 Å². The molecule has 0 radical (unpaired) electrons. The minimum absolute atomic E-state index is 0.105. The number of benzene rings is 1. The van der Waals surface area contributed by atoms with Gasteiger partial charge in [-0.1, -0.05) is 0 Å². The normalized spacial score (nSPS) is 11.1. The van der Waals surface area contributed by atoms with Crippen molar-refractivity contribution < 1.29 is 22.4 Å². The zero-order chi connectivity index (χ0) is 14.5. The van der Waals surface area contributed by atoms with Crippen LogP contribution in [0.3, 0.4) is 0 Å². The Morgan fingerprint density at radius 3 is 2.32 bits per heavy atom. The van der Waals surface area contributed by atoms with E-state index in [-0.39, 0.29) is 18.0 Å². The van der Waals surface area contributed by atoms with E-state index in [4.69, 9.17) is 0 Å². The van der Waals surface area contributed by atoms with Crippen LogP contribution in [0, 0.1) is 5.82 Å². The maximum absolute atomic E-state index is 12.6. The first-order chi connectivity index (χ1) is 8.78. The molecule has 0 atom stereocenters. The topological polar surface area (TPSA) is 80.3 Å². The van der Waals surface area contributed by atoms with E-state index < -0.39 is 27.3 Å². The van der Waals surface area contributed by atoms with Crippen molar-refractivity contribution >= 4 is 27.2 Å². The largest absolute Gasteiger partial charge is 0.325 e. The molecule has 0 spiro atoms. The Hall–Kier alpha value is -1.76. The first kappa shape index (κ1) is 15.3. The summed E-state index contributed by atoms with van der Waals surface area (Å²) in [6, 6.07) is 4.96. The molecular weight excluding hydrogens is 273 g/mol. The Labute approximate surface area is 110 Å². The average Bonchev–Trinajstić information content (AvgIpc) is 2.29. The molecule has 7 heteroatoms. The van der Waals surface area contributed by atoms with Crippen LogP contribution in [0.25, 0.3) is 0 Å². The van der Waals surface area contributed by atoms with E-state index in [0.717, 1.165) is 12.1 Å². The maximum atomic E-state index is 12.6. The molecular formula is C12H14FNO4S. The van der Waals surface area contributed by atoms with Gasteiger partial charge in [-0.3, -0.25) is 9.59 Å². The van der Waals surface area contributed by atoms with Crippen LogP contribution in [0.4, 0.5) is 10.1 Å². The number of halogens is 1. The summed E-state index contributed by atoms with van der Waals surface area (Å²) in [5, 5.41) is 2.34. The third-order valence-corrected chi connectivity index (χ3v) is 3.77. The molecule has 0 aromatic heterocycles. The molecule has 0 aliphatic rings. The number of carbonyl (C=O) groups is 2. The van der Waals surface area contributed by atoms with Crippen LogP contribution < -0.4 is 5.32 Å². The Morgan fingerprint density at radius 1 is 1.21 bits per heavy atom. The van der Waals surface area contributed by atoms with Crippen molar-refractivity contribution in [1.29, 1.82) is 0 Å². The van der Waals surface area contributed by atoms with Gasteiger partial charge < -0.3 is 5.32 Å². The van der Waals surface area contributed by atoms with E-state index >= 15 is 0 Å². The SMILES string of the molecule is CC(=O)CCS(=O)(=O)CC(=O)Nc1ccc(F)cc1. The van der Waals surface area contributed by atoms with Crippen molar-refractivity contribution in [3.63, 3.8) is 0 Å². The number of hydrogen-bond donors (Lipinski definition) is 1. The fraction of sp³-hybridized carbons (Fsp3) is 0.333. The van der Waals surface area contributed by atoms with Gasteiger partial charge in [0.15, 0.2) is 9.84 Å². The van der Waals surface area contributed by atoms with Gasteiger partial charge in [-0.15, -0.1) is 0 Å². The molecule has 5 nitrogen and oxygen atoms in total. The number of ketones is 1. The predicted octanol–water partition coefficient (Wildman–Crippen LogP) is 1.16. The number of amides is 1. The van der Waals surface area contributed by atoms with Gasteiger partial charge in [0.1, 0.15) is 17.4 Å². The van der Waals surface area contributed by atoms with Crippen molar-refractivity contribution in [1.82, 2.24) is 0 Å². The van der Waals surface area contributed by atoms with Gasteiger partial charge in [0.25, 0.3) is 0 Å². The summed E-state index contributed by atoms with van der Waals surface area (Å²) in [5.74, 6) is -2.46. The second-order valence-electron chi connectivity index (χ2n) is 4.10. The van der Waals surface area contributed by atoms with Crippen molar-refractivity contribution in [2.75, 3.05) is 16.8 Å². The predicted molar refractivity (Wildman–Crippen MR) is 69.0 cm³/mol. The average molecular weight is 287 g/mol.